The molecule has 1 N–H and O–H groups in total. The summed E-state index contributed by atoms with van der Waals surface area (Å²) in [5, 5.41) is 9.21. The minimum Gasteiger partial charge on any atom is -0.480 e. The van der Waals surface area contributed by atoms with E-state index < -0.39 is 12.0 Å². The van der Waals surface area contributed by atoms with E-state index in [1.165, 1.54) is 0 Å². The van der Waals surface area contributed by atoms with Gasteiger partial charge in [0.15, 0.2) is 0 Å². The van der Waals surface area contributed by atoms with Gasteiger partial charge in [0.2, 0.25) is 0 Å². The molecule has 0 unspecified atom stereocenters. The molecule has 4 nitrogen and oxygen atoms in total. The first-order chi connectivity index (χ1) is 8.77. The molecule has 0 radical (unpaired) electrons. The summed E-state index contributed by atoms with van der Waals surface area (Å²) in [6, 6.07) is 3.31. The topological polar surface area (TPSA) is 45.5 Å². The molecule has 18 heavy (non-hydrogen) atoms. The lowest BCUT2D eigenvalue weighted by atomic mass is 10.1. The average Bonchev–Trinajstić information content (AvgIpc) is 3.00. The number of rotatable bonds is 7. The molecular formula is C14H20N2O2. The zero-order valence-electron chi connectivity index (χ0n) is 10.5. The Balaban J connectivity index is 1.73. The Morgan fingerprint density at radius 2 is 2.06 bits per heavy atom. The second-order valence-corrected chi connectivity index (χ2v) is 4.69. The third-order valence-electron chi connectivity index (χ3n) is 3.34. The lowest BCUT2D eigenvalue weighted by Gasteiger charge is -2.17. The Bertz CT molecular complexity index is 398. The molecule has 2 rings (SSSR count). The van der Waals surface area contributed by atoms with Crippen LogP contribution >= 0.6 is 0 Å². The van der Waals surface area contributed by atoms with Gasteiger partial charge in [0, 0.05) is 25.5 Å². The molecule has 0 saturated carbocycles. The van der Waals surface area contributed by atoms with Crippen LogP contribution in [0, 0.1) is 0 Å². The summed E-state index contributed by atoms with van der Waals surface area (Å²) in [5.74, 6) is -0.743. The summed E-state index contributed by atoms with van der Waals surface area (Å²) in [5.41, 5.74) is 0. The van der Waals surface area contributed by atoms with Crippen molar-refractivity contribution in [1.82, 2.24) is 9.47 Å². The van der Waals surface area contributed by atoms with Crippen molar-refractivity contribution in [3.8, 4) is 0 Å². The number of hydrogen-bond acceptors (Lipinski definition) is 2. The van der Waals surface area contributed by atoms with E-state index in [4.69, 9.17) is 0 Å². The second kappa shape index (κ2) is 6.28. The molecule has 0 amide bonds. The van der Waals surface area contributed by atoms with Crippen LogP contribution in [0.25, 0.3) is 0 Å². The van der Waals surface area contributed by atoms with Crippen LogP contribution in [-0.2, 0) is 4.79 Å². The highest BCUT2D eigenvalue weighted by molar-refractivity contribution is 5.71. The molecule has 2 heterocycles. The molecule has 0 aromatic carbocycles. The Kier molecular flexibility index (Phi) is 4.45. The summed E-state index contributed by atoms with van der Waals surface area (Å²) >= 11 is 0. The van der Waals surface area contributed by atoms with E-state index in [-0.39, 0.29) is 0 Å². The smallest absolute Gasteiger partial charge is 0.326 e. The van der Waals surface area contributed by atoms with E-state index in [9.17, 15) is 9.90 Å². The molecule has 1 aliphatic heterocycles. The highest BCUT2D eigenvalue weighted by atomic mass is 16.4. The number of carboxylic acids is 1. The normalized spacial score (nSPS) is 16.1. The maximum atomic E-state index is 11.2. The Hall–Kier alpha value is -1.71. The van der Waals surface area contributed by atoms with Crippen LogP contribution in [0.1, 0.15) is 31.7 Å². The minimum atomic E-state index is -0.743. The fourth-order valence-corrected chi connectivity index (χ4v) is 2.33. The van der Waals surface area contributed by atoms with Gasteiger partial charge in [0.25, 0.3) is 0 Å². The summed E-state index contributed by atoms with van der Waals surface area (Å²) in [7, 11) is 0. The summed E-state index contributed by atoms with van der Waals surface area (Å²) in [6.45, 7) is 2.15. The predicted molar refractivity (Wildman–Crippen MR) is 70.3 cm³/mol. The van der Waals surface area contributed by atoms with Crippen molar-refractivity contribution < 1.29 is 9.90 Å². The molecular weight excluding hydrogens is 228 g/mol. The highest BCUT2D eigenvalue weighted by Crippen LogP contribution is 2.16. The third-order valence-corrected chi connectivity index (χ3v) is 3.34. The first kappa shape index (κ1) is 12.7. The maximum absolute atomic E-state index is 11.2. The van der Waals surface area contributed by atoms with E-state index in [0.717, 1.165) is 32.4 Å². The van der Waals surface area contributed by atoms with E-state index in [1.54, 1.807) is 4.57 Å². The van der Waals surface area contributed by atoms with Crippen LogP contribution in [0.3, 0.4) is 0 Å². The molecule has 0 bridgehead atoms. The highest BCUT2D eigenvalue weighted by Gasteiger charge is 2.17. The fraction of sp³-hybridized carbons (Fsp3) is 0.500. The first-order valence-corrected chi connectivity index (χ1v) is 6.53. The molecule has 1 aromatic heterocycles. The molecule has 98 valence electrons. The summed E-state index contributed by atoms with van der Waals surface area (Å²) in [4.78, 5) is 13.5. The molecule has 0 spiro atoms. The zero-order chi connectivity index (χ0) is 12.8. The first-order valence-electron chi connectivity index (χ1n) is 6.53. The van der Waals surface area contributed by atoms with Crippen molar-refractivity contribution in [2.45, 2.75) is 31.7 Å². The van der Waals surface area contributed by atoms with E-state index in [1.807, 2.05) is 24.5 Å². The largest absolute Gasteiger partial charge is 0.480 e. The zero-order valence-corrected chi connectivity index (χ0v) is 10.5. The van der Waals surface area contributed by atoms with Crippen LogP contribution in [0.4, 0.5) is 0 Å². The second-order valence-electron chi connectivity index (χ2n) is 4.69. The number of aliphatic carboxylic acids is 1. The van der Waals surface area contributed by atoms with Crippen LogP contribution in [-0.4, -0.2) is 33.6 Å². The lowest BCUT2D eigenvalue weighted by Crippen LogP contribution is -2.19. The summed E-state index contributed by atoms with van der Waals surface area (Å²) < 4.78 is 1.78. The van der Waals surface area contributed by atoms with Gasteiger partial charge in [-0.25, -0.2) is 4.79 Å². The number of unbranched alkanes of at least 4 members (excludes halogenated alkanes) is 1. The number of carbonyl (C=O) groups is 1. The number of carboxylic acid groups (broad SMARTS) is 1. The van der Waals surface area contributed by atoms with Crippen LogP contribution in [0.15, 0.2) is 36.8 Å². The molecule has 1 aromatic rings. The van der Waals surface area contributed by atoms with E-state index in [2.05, 4.69) is 17.2 Å². The van der Waals surface area contributed by atoms with Crippen LogP contribution < -0.4 is 0 Å². The third kappa shape index (κ3) is 3.39. The number of nitrogens with zero attached hydrogens (tertiary/aromatic N) is 2. The van der Waals surface area contributed by atoms with E-state index in [0.29, 0.717) is 6.42 Å². The minimum absolute atomic E-state index is 0.422. The SMILES string of the molecule is O=C(O)[C@H](CCCCN1C=CCC1)n1cccc1. The van der Waals surface area contributed by atoms with Crippen molar-refractivity contribution in [3.05, 3.63) is 36.8 Å². The molecule has 1 atom stereocenters. The van der Waals surface area contributed by atoms with Gasteiger partial charge in [-0.15, -0.1) is 0 Å². The fourth-order valence-electron chi connectivity index (χ4n) is 2.33. The van der Waals surface area contributed by atoms with Gasteiger partial charge >= 0.3 is 5.97 Å². The van der Waals surface area contributed by atoms with Gasteiger partial charge in [-0.3, -0.25) is 0 Å². The quantitative estimate of drug-likeness (QED) is 0.754. The number of hydrogen-bond donors (Lipinski definition) is 1. The monoisotopic (exact) mass is 248 g/mol. The van der Waals surface area contributed by atoms with Crippen LogP contribution in [0.2, 0.25) is 0 Å². The standard InChI is InChI=1S/C14H20N2O2/c17-14(18)13(16-11-5-6-12-16)7-1-2-8-15-9-3-4-10-15/h3,5-6,9,11-13H,1-2,4,7-8,10H2,(H,17,18)/t13-/m0/s1. The van der Waals surface area contributed by atoms with Crippen molar-refractivity contribution in [3.63, 3.8) is 0 Å². The van der Waals surface area contributed by atoms with Gasteiger partial charge in [-0.05, 0) is 44.0 Å². The Morgan fingerprint density at radius 3 is 2.67 bits per heavy atom. The predicted octanol–water partition coefficient (Wildman–Crippen LogP) is 2.50. The number of aromatic nitrogens is 1. The van der Waals surface area contributed by atoms with Crippen molar-refractivity contribution in [2.75, 3.05) is 13.1 Å². The van der Waals surface area contributed by atoms with Crippen molar-refractivity contribution >= 4 is 5.97 Å². The molecule has 0 fully saturated rings. The van der Waals surface area contributed by atoms with Gasteiger partial charge < -0.3 is 14.6 Å². The van der Waals surface area contributed by atoms with Crippen LogP contribution in [0.5, 0.6) is 0 Å². The Morgan fingerprint density at radius 1 is 1.28 bits per heavy atom. The van der Waals surface area contributed by atoms with E-state index >= 15 is 0 Å². The van der Waals surface area contributed by atoms with Gasteiger partial charge in [-0.1, -0.05) is 6.08 Å². The molecule has 0 saturated heterocycles. The van der Waals surface area contributed by atoms with Crippen molar-refractivity contribution in [1.29, 1.82) is 0 Å². The molecule has 1 aliphatic rings. The van der Waals surface area contributed by atoms with Crippen molar-refractivity contribution in [2.24, 2.45) is 0 Å². The molecule has 4 heteroatoms. The summed E-state index contributed by atoms with van der Waals surface area (Å²) in [6.07, 6.45) is 11.8. The Labute approximate surface area is 108 Å². The molecule has 0 aliphatic carbocycles. The lowest BCUT2D eigenvalue weighted by molar-refractivity contribution is -0.141. The average molecular weight is 248 g/mol. The van der Waals surface area contributed by atoms with Gasteiger partial charge in [0.1, 0.15) is 6.04 Å². The van der Waals surface area contributed by atoms with Gasteiger partial charge in [0.05, 0.1) is 0 Å². The maximum Gasteiger partial charge on any atom is 0.326 e. The van der Waals surface area contributed by atoms with Gasteiger partial charge in [-0.2, -0.15) is 0 Å².